The summed E-state index contributed by atoms with van der Waals surface area (Å²) in [5, 5.41) is 10.8. The van der Waals surface area contributed by atoms with Gasteiger partial charge < -0.3 is 10.1 Å². The third-order valence-electron chi connectivity index (χ3n) is 3.73. The summed E-state index contributed by atoms with van der Waals surface area (Å²) < 4.78 is 7.64. The van der Waals surface area contributed by atoms with Crippen LogP contribution in [0.4, 0.5) is 0 Å². The fraction of sp³-hybridized carbons (Fsp3) is 0.684. The second-order valence-corrected chi connectivity index (χ2v) is 7.81. The zero-order valence-corrected chi connectivity index (χ0v) is 16.8. The van der Waals surface area contributed by atoms with Crippen molar-refractivity contribution >= 4 is 11.7 Å². The first kappa shape index (κ1) is 22.0. The van der Waals surface area contributed by atoms with Crippen LogP contribution in [0.2, 0.25) is 0 Å². The van der Waals surface area contributed by atoms with Crippen LogP contribution in [0.1, 0.15) is 53.7 Å². The van der Waals surface area contributed by atoms with Crippen molar-refractivity contribution in [3.05, 3.63) is 24.0 Å². The molecule has 0 radical (unpaired) electrons. The minimum atomic E-state index is -0.344. The average molecular weight is 364 g/mol. The molecule has 0 aliphatic heterocycles. The quantitative estimate of drug-likeness (QED) is 0.610. The van der Waals surface area contributed by atoms with E-state index in [0.29, 0.717) is 24.8 Å². The van der Waals surface area contributed by atoms with Gasteiger partial charge in [-0.25, -0.2) is 4.68 Å². The highest BCUT2D eigenvalue weighted by atomic mass is 16.5. The molecule has 7 heteroatoms. The Balaban J connectivity index is 2.45. The second kappa shape index (κ2) is 10.2. The standard InChI is InChI=1S/C19H32N4O3/c1-14(2)9-10-26-19(5,6)13-23-12-16(21-22-23)11-20-18(25)8-7-17(24)15(3)4/h7-8,12,14-15H,9-11,13H2,1-6H3,(H,20,25)/b8-7-. The topological polar surface area (TPSA) is 86.1 Å². The third-order valence-corrected chi connectivity index (χ3v) is 3.73. The normalized spacial score (nSPS) is 12.3. The average Bonchev–Trinajstić information content (AvgIpc) is 2.96. The highest BCUT2D eigenvalue weighted by Gasteiger charge is 2.20. The largest absolute Gasteiger partial charge is 0.374 e. The number of nitrogens with zero attached hydrogens (tertiary/aromatic N) is 3. The lowest BCUT2D eigenvalue weighted by atomic mass is 10.1. The van der Waals surface area contributed by atoms with Crippen LogP contribution in [0.5, 0.6) is 0 Å². The Hall–Kier alpha value is -2.02. The van der Waals surface area contributed by atoms with Crippen molar-refractivity contribution in [3.8, 4) is 0 Å². The van der Waals surface area contributed by atoms with E-state index >= 15 is 0 Å². The number of rotatable bonds is 11. The first-order valence-corrected chi connectivity index (χ1v) is 9.12. The number of carbonyl (C=O) groups excluding carboxylic acids is 2. The fourth-order valence-electron chi connectivity index (χ4n) is 2.09. The van der Waals surface area contributed by atoms with E-state index in [1.165, 1.54) is 12.2 Å². The van der Waals surface area contributed by atoms with Gasteiger partial charge in [-0.05, 0) is 32.3 Å². The summed E-state index contributed by atoms with van der Waals surface area (Å²) in [5.41, 5.74) is 0.309. The maximum absolute atomic E-state index is 11.7. The summed E-state index contributed by atoms with van der Waals surface area (Å²) in [4.78, 5) is 23.2. The van der Waals surface area contributed by atoms with Gasteiger partial charge >= 0.3 is 0 Å². The molecule has 1 N–H and O–H groups in total. The predicted molar refractivity (Wildman–Crippen MR) is 100 cm³/mol. The number of allylic oxidation sites excluding steroid dienone is 1. The SMILES string of the molecule is CC(C)CCOC(C)(C)Cn1cc(CNC(=O)/C=C\C(=O)C(C)C)nn1. The van der Waals surface area contributed by atoms with Crippen molar-refractivity contribution < 1.29 is 14.3 Å². The van der Waals surface area contributed by atoms with Crippen molar-refractivity contribution in [2.45, 2.75) is 66.7 Å². The molecule has 146 valence electrons. The third kappa shape index (κ3) is 8.89. The molecule has 1 heterocycles. The zero-order chi connectivity index (χ0) is 19.7. The van der Waals surface area contributed by atoms with E-state index in [4.69, 9.17) is 4.74 Å². The van der Waals surface area contributed by atoms with E-state index in [2.05, 4.69) is 29.5 Å². The van der Waals surface area contributed by atoms with Gasteiger partial charge in [0.25, 0.3) is 0 Å². The Morgan fingerprint density at radius 3 is 2.58 bits per heavy atom. The molecule has 0 bridgehead atoms. The van der Waals surface area contributed by atoms with E-state index in [1.807, 2.05) is 13.8 Å². The summed E-state index contributed by atoms with van der Waals surface area (Å²) in [7, 11) is 0. The van der Waals surface area contributed by atoms with E-state index in [1.54, 1.807) is 24.7 Å². The number of carbonyl (C=O) groups is 2. The van der Waals surface area contributed by atoms with Gasteiger partial charge in [-0.2, -0.15) is 0 Å². The molecule has 0 aliphatic rings. The van der Waals surface area contributed by atoms with Gasteiger partial charge in [0.1, 0.15) is 5.69 Å². The van der Waals surface area contributed by atoms with E-state index in [9.17, 15) is 9.59 Å². The Labute approximate surface area is 156 Å². The molecular formula is C19H32N4O3. The van der Waals surface area contributed by atoms with Gasteiger partial charge in [0.15, 0.2) is 5.78 Å². The number of hydrogen-bond acceptors (Lipinski definition) is 5. The van der Waals surface area contributed by atoms with E-state index in [0.717, 1.165) is 6.42 Å². The minimum Gasteiger partial charge on any atom is -0.374 e. The van der Waals surface area contributed by atoms with Gasteiger partial charge in [-0.1, -0.05) is 32.9 Å². The lowest BCUT2D eigenvalue weighted by Gasteiger charge is -2.25. The number of nitrogens with one attached hydrogen (secondary N) is 1. The lowest BCUT2D eigenvalue weighted by Crippen LogP contribution is -2.31. The van der Waals surface area contributed by atoms with E-state index < -0.39 is 0 Å². The van der Waals surface area contributed by atoms with Crippen molar-refractivity contribution in [1.82, 2.24) is 20.3 Å². The molecule has 1 aromatic heterocycles. The van der Waals surface area contributed by atoms with Crippen LogP contribution in [0.15, 0.2) is 18.3 Å². The molecule has 0 atom stereocenters. The van der Waals surface area contributed by atoms with Crippen LogP contribution in [0, 0.1) is 11.8 Å². The molecule has 0 saturated carbocycles. The molecule has 26 heavy (non-hydrogen) atoms. The molecule has 0 saturated heterocycles. The molecule has 1 amide bonds. The molecule has 0 spiro atoms. The molecule has 0 aromatic carbocycles. The predicted octanol–water partition coefficient (Wildman–Crippen LogP) is 2.52. The Kier molecular flexibility index (Phi) is 8.65. The minimum absolute atomic E-state index is 0.0780. The number of amides is 1. The lowest BCUT2D eigenvalue weighted by molar-refractivity contribution is -0.119. The number of ether oxygens (including phenoxy) is 1. The summed E-state index contributed by atoms with van der Waals surface area (Å²) in [6, 6.07) is 0. The molecular weight excluding hydrogens is 332 g/mol. The summed E-state index contributed by atoms with van der Waals surface area (Å²) >= 11 is 0. The second-order valence-electron chi connectivity index (χ2n) is 7.81. The van der Waals surface area contributed by atoms with Crippen LogP contribution in [0.3, 0.4) is 0 Å². The molecule has 0 aliphatic carbocycles. The highest BCUT2D eigenvalue weighted by molar-refractivity contribution is 5.98. The summed E-state index contributed by atoms with van der Waals surface area (Å²) in [6.45, 7) is 13.5. The first-order valence-electron chi connectivity index (χ1n) is 9.12. The summed E-state index contributed by atoms with van der Waals surface area (Å²) in [5.74, 6) is 0.0824. The van der Waals surface area contributed by atoms with Crippen molar-refractivity contribution in [1.29, 1.82) is 0 Å². The molecule has 7 nitrogen and oxygen atoms in total. The van der Waals surface area contributed by atoms with Crippen LogP contribution in [-0.4, -0.2) is 38.9 Å². The highest BCUT2D eigenvalue weighted by Crippen LogP contribution is 2.14. The molecule has 1 aromatic rings. The van der Waals surface area contributed by atoms with E-state index in [-0.39, 0.29) is 29.8 Å². The van der Waals surface area contributed by atoms with Gasteiger partial charge in [0.05, 0.1) is 24.9 Å². The maximum Gasteiger partial charge on any atom is 0.244 e. The first-order chi connectivity index (χ1) is 12.1. The van der Waals surface area contributed by atoms with Crippen LogP contribution in [-0.2, 0) is 27.4 Å². The van der Waals surface area contributed by atoms with Crippen molar-refractivity contribution in [3.63, 3.8) is 0 Å². The number of aromatic nitrogens is 3. The van der Waals surface area contributed by atoms with Gasteiger partial charge in [0, 0.05) is 18.6 Å². The zero-order valence-electron chi connectivity index (χ0n) is 16.8. The smallest absolute Gasteiger partial charge is 0.244 e. The molecule has 1 rings (SSSR count). The van der Waals surface area contributed by atoms with Gasteiger partial charge in [-0.15, -0.1) is 5.10 Å². The van der Waals surface area contributed by atoms with Gasteiger partial charge in [0.2, 0.25) is 5.91 Å². The Morgan fingerprint density at radius 1 is 1.27 bits per heavy atom. The Morgan fingerprint density at radius 2 is 1.96 bits per heavy atom. The number of hydrogen-bond donors (Lipinski definition) is 1. The van der Waals surface area contributed by atoms with Gasteiger partial charge in [-0.3, -0.25) is 9.59 Å². The van der Waals surface area contributed by atoms with Crippen LogP contribution < -0.4 is 5.32 Å². The maximum atomic E-state index is 11.7. The molecule has 0 fully saturated rings. The van der Waals surface area contributed by atoms with Crippen molar-refractivity contribution in [2.75, 3.05) is 6.61 Å². The van der Waals surface area contributed by atoms with Crippen LogP contribution in [0.25, 0.3) is 0 Å². The number of ketones is 1. The monoisotopic (exact) mass is 364 g/mol. The fourth-order valence-corrected chi connectivity index (χ4v) is 2.09. The molecule has 0 unspecified atom stereocenters. The Bertz CT molecular complexity index is 618. The van der Waals surface area contributed by atoms with Crippen molar-refractivity contribution in [2.24, 2.45) is 11.8 Å². The summed E-state index contributed by atoms with van der Waals surface area (Å²) in [6.07, 6.45) is 5.36. The van der Waals surface area contributed by atoms with Crippen LogP contribution >= 0.6 is 0 Å².